The fourth-order valence-electron chi connectivity index (χ4n) is 1.86. The number of carbonyl (C=O) groups excluding carboxylic acids is 1. The van der Waals surface area contributed by atoms with Crippen molar-refractivity contribution in [3.63, 3.8) is 0 Å². The van der Waals surface area contributed by atoms with Crippen LogP contribution in [0.1, 0.15) is 38.7 Å². The lowest BCUT2D eigenvalue weighted by Crippen LogP contribution is -2.32. The van der Waals surface area contributed by atoms with E-state index in [1.165, 1.54) is 0 Å². The van der Waals surface area contributed by atoms with Gasteiger partial charge in [0.05, 0.1) is 5.92 Å². The summed E-state index contributed by atoms with van der Waals surface area (Å²) in [5.74, 6) is 0.426. The zero-order valence-electron chi connectivity index (χ0n) is 10.4. The van der Waals surface area contributed by atoms with Gasteiger partial charge < -0.3 is 5.32 Å². The molecule has 1 unspecified atom stereocenters. The highest BCUT2D eigenvalue weighted by Gasteiger charge is 2.23. The van der Waals surface area contributed by atoms with Gasteiger partial charge in [0.2, 0.25) is 5.91 Å². The molecule has 88 valence electrons. The molecule has 1 aromatic rings. The topological polar surface area (TPSA) is 29.1 Å². The van der Waals surface area contributed by atoms with Crippen molar-refractivity contribution >= 4 is 5.91 Å². The second kappa shape index (κ2) is 6.31. The summed E-state index contributed by atoms with van der Waals surface area (Å²) in [5.41, 5.74) is 1.10. The Kier molecular flexibility index (Phi) is 5.03. The first-order chi connectivity index (χ1) is 7.66. The van der Waals surface area contributed by atoms with Gasteiger partial charge in [0.15, 0.2) is 0 Å². The molecule has 1 atom stereocenters. The monoisotopic (exact) mass is 219 g/mol. The molecule has 0 aliphatic heterocycles. The second-order valence-corrected chi connectivity index (χ2v) is 4.42. The standard InChI is InChI=1S/C14H21NO/c1-4-10-15-14(16)13(11(2)3)12-8-6-5-7-9-12/h5-9,11,13H,4,10H2,1-3H3,(H,15,16). The Morgan fingerprint density at radius 1 is 1.25 bits per heavy atom. The van der Waals surface area contributed by atoms with Gasteiger partial charge in [0.25, 0.3) is 0 Å². The van der Waals surface area contributed by atoms with Crippen molar-refractivity contribution in [2.24, 2.45) is 5.92 Å². The number of carbonyl (C=O) groups is 1. The van der Waals surface area contributed by atoms with Gasteiger partial charge in [-0.2, -0.15) is 0 Å². The Hall–Kier alpha value is -1.31. The highest BCUT2D eigenvalue weighted by atomic mass is 16.1. The van der Waals surface area contributed by atoms with Crippen LogP contribution in [0.4, 0.5) is 0 Å². The Bertz CT molecular complexity index is 319. The predicted molar refractivity (Wildman–Crippen MR) is 67.3 cm³/mol. The van der Waals surface area contributed by atoms with Gasteiger partial charge in [-0.3, -0.25) is 4.79 Å². The summed E-state index contributed by atoms with van der Waals surface area (Å²) in [4.78, 5) is 12.0. The van der Waals surface area contributed by atoms with E-state index < -0.39 is 0 Å². The third kappa shape index (κ3) is 3.37. The summed E-state index contributed by atoms with van der Waals surface area (Å²) in [6.07, 6.45) is 0.978. The first kappa shape index (κ1) is 12.8. The molecule has 0 spiro atoms. The maximum atomic E-state index is 12.0. The summed E-state index contributed by atoms with van der Waals surface area (Å²) >= 11 is 0. The SMILES string of the molecule is CCCNC(=O)C(c1ccccc1)C(C)C. The Balaban J connectivity index is 2.79. The summed E-state index contributed by atoms with van der Waals surface area (Å²) in [6.45, 7) is 6.99. The molecule has 1 aromatic carbocycles. The minimum absolute atomic E-state index is 0.0345. The number of benzene rings is 1. The molecular formula is C14H21NO. The van der Waals surface area contributed by atoms with Crippen molar-refractivity contribution in [1.82, 2.24) is 5.32 Å². The zero-order chi connectivity index (χ0) is 12.0. The van der Waals surface area contributed by atoms with Crippen LogP contribution in [0.3, 0.4) is 0 Å². The minimum atomic E-state index is -0.0345. The van der Waals surface area contributed by atoms with Crippen LogP contribution in [0.25, 0.3) is 0 Å². The average Bonchev–Trinajstić information content (AvgIpc) is 2.27. The molecular weight excluding hydrogens is 198 g/mol. The molecule has 2 nitrogen and oxygen atoms in total. The molecule has 0 saturated carbocycles. The number of hydrogen-bond donors (Lipinski definition) is 1. The largest absolute Gasteiger partial charge is 0.356 e. The van der Waals surface area contributed by atoms with E-state index in [9.17, 15) is 4.79 Å². The van der Waals surface area contributed by atoms with Gasteiger partial charge in [-0.25, -0.2) is 0 Å². The molecule has 0 fully saturated rings. The van der Waals surface area contributed by atoms with E-state index in [0.29, 0.717) is 5.92 Å². The molecule has 1 N–H and O–H groups in total. The van der Waals surface area contributed by atoms with E-state index in [2.05, 4.69) is 26.1 Å². The second-order valence-electron chi connectivity index (χ2n) is 4.42. The molecule has 0 bridgehead atoms. The Morgan fingerprint density at radius 2 is 1.88 bits per heavy atom. The summed E-state index contributed by atoms with van der Waals surface area (Å²) in [6, 6.07) is 9.99. The molecule has 0 heterocycles. The molecule has 16 heavy (non-hydrogen) atoms. The smallest absolute Gasteiger partial charge is 0.227 e. The lowest BCUT2D eigenvalue weighted by atomic mass is 9.87. The van der Waals surface area contributed by atoms with E-state index >= 15 is 0 Å². The summed E-state index contributed by atoms with van der Waals surface area (Å²) in [7, 11) is 0. The van der Waals surface area contributed by atoms with E-state index in [4.69, 9.17) is 0 Å². The van der Waals surface area contributed by atoms with Crippen LogP contribution in [-0.4, -0.2) is 12.5 Å². The van der Waals surface area contributed by atoms with Crippen molar-refractivity contribution in [2.45, 2.75) is 33.1 Å². The number of nitrogens with one attached hydrogen (secondary N) is 1. The van der Waals surface area contributed by atoms with Crippen molar-refractivity contribution in [3.8, 4) is 0 Å². The van der Waals surface area contributed by atoms with Crippen molar-refractivity contribution in [1.29, 1.82) is 0 Å². The molecule has 0 aliphatic carbocycles. The summed E-state index contributed by atoms with van der Waals surface area (Å²) < 4.78 is 0. The molecule has 1 amide bonds. The molecule has 0 aliphatic rings. The van der Waals surface area contributed by atoms with E-state index in [1.54, 1.807) is 0 Å². The van der Waals surface area contributed by atoms with Gasteiger partial charge >= 0.3 is 0 Å². The van der Waals surface area contributed by atoms with Crippen LogP contribution in [0.2, 0.25) is 0 Å². The van der Waals surface area contributed by atoms with Crippen LogP contribution in [0, 0.1) is 5.92 Å². The Morgan fingerprint density at radius 3 is 2.38 bits per heavy atom. The van der Waals surface area contributed by atoms with Crippen LogP contribution in [0.5, 0.6) is 0 Å². The van der Waals surface area contributed by atoms with Crippen molar-refractivity contribution in [3.05, 3.63) is 35.9 Å². The first-order valence-electron chi connectivity index (χ1n) is 5.99. The number of rotatable bonds is 5. The minimum Gasteiger partial charge on any atom is -0.356 e. The van der Waals surface area contributed by atoms with E-state index in [-0.39, 0.29) is 11.8 Å². The summed E-state index contributed by atoms with van der Waals surface area (Å²) in [5, 5.41) is 2.97. The van der Waals surface area contributed by atoms with E-state index in [0.717, 1.165) is 18.5 Å². The molecule has 0 saturated heterocycles. The molecule has 1 rings (SSSR count). The molecule has 2 heteroatoms. The van der Waals surface area contributed by atoms with E-state index in [1.807, 2.05) is 30.3 Å². The van der Waals surface area contributed by atoms with Gasteiger partial charge in [-0.1, -0.05) is 51.1 Å². The molecule has 0 radical (unpaired) electrons. The van der Waals surface area contributed by atoms with Gasteiger partial charge in [-0.05, 0) is 17.9 Å². The van der Waals surface area contributed by atoms with Crippen molar-refractivity contribution < 1.29 is 4.79 Å². The zero-order valence-corrected chi connectivity index (χ0v) is 10.4. The van der Waals surface area contributed by atoms with Gasteiger partial charge in [-0.15, -0.1) is 0 Å². The normalized spacial score (nSPS) is 12.5. The fraction of sp³-hybridized carbons (Fsp3) is 0.500. The Labute approximate surface area is 98.1 Å². The first-order valence-corrected chi connectivity index (χ1v) is 5.99. The van der Waals surface area contributed by atoms with Crippen LogP contribution in [0.15, 0.2) is 30.3 Å². The quantitative estimate of drug-likeness (QED) is 0.810. The van der Waals surface area contributed by atoms with Crippen molar-refractivity contribution in [2.75, 3.05) is 6.54 Å². The van der Waals surface area contributed by atoms with Crippen LogP contribution in [-0.2, 0) is 4.79 Å². The lowest BCUT2D eigenvalue weighted by molar-refractivity contribution is -0.123. The lowest BCUT2D eigenvalue weighted by Gasteiger charge is -2.20. The average molecular weight is 219 g/mol. The molecule has 0 aromatic heterocycles. The third-order valence-electron chi connectivity index (χ3n) is 2.66. The number of hydrogen-bond acceptors (Lipinski definition) is 1. The van der Waals surface area contributed by atoms with Gasteiger partial charge in [0, 0.05) is 6.54 Å². The van der Waals surface area contributed by atoms with Crippen LogP contribution >= 0.6 is 0 Å². The van der Waals surface area contributed by atoms with Gasteiger partial charge in [0.1, 0.15) is 0 Å². The maximum absolute atomic E-state index is 12.0. The highest BCUT2D eigenvalue weighted by Crippen LogP contribution is 2.24. The van der Waals surface area contributed by atoms with Crippen LogP contribution < -0.4 is 5.32 Å². The third-order valence-corrected chi connectivity index (χ3v) is 2.66. The predicted octanol–water partition coefficient (Wildman–Crippen LogP) is 2.95. The fourth-order valence-corrected chi connectivity index (χ4v) is 1.86. The highest BCUT2D eigenvalue weighted by molar-refractivity contribution is 5.83. The number of amides is 1. The maximum Gasteiger partial charge on any atom is 0.227 e.